The lowest BCUT2D eigenvalue weighted by Gasteiger charge is -2.20. The first-order chi connectivity index (χ1) is 12.0. The lowest BCUT2D eigenvalue weighted by atomic mass is 10.0. The van der Waals surface area contributed by atoms with Crippen molar-refractivity contribution in [2.75, 3.05) is 13.7 Å². The largest absolute Gasteiger partial charge is 0.483 e. The summed E-state index contributed by atoms with van der Waals surface area (Å²) in [5.41, 5.74) is 1.76. The van der Waals surface area contributed by atoms with Crippen LogP contribution in [0.15, 0.2) is 34.7 Å². The van der Waals surface area contributed by atoms with E-state index in [2.05, 4.69) is 10.6 Å². The van der Waals surface area contributed by atoms with Gasteiger partial charge in [-0.15, -0.1) is 0 Å². The van der Waals surface area contributed by atoms with Crippen LogP contribution in [-0.2, 0) is 4.79 Å². The van der Waals surface area contributed by atoms with Crippen molar-refractivity contribution in [3.05, 3.63) is 53.0 Å². The number of furan rings is 1. The molecule has 2 aromatic rings. The number of benzene rings is 1. The van der Waals surface area contributed by atoms with E-state index in [1.165, 1.54) is 0 Å². The van der Waals surface area contributed by atoms with Gasteiger partial charge in [0.2, 0.25) is 0 Å². The number of hydrogen-bond acceptors (Lipinski definition) is 4. The minimum Gasteiger partial charge on any atom is -0.483 e. The average Bonchev–Trinajstić information content (AvgIpc) is 2.96. The van der Waals surface area contributed by atoms with E-state index in [1.807, 2.05) is 39.0 Å². The molecule has 0 fully saturated rings. The number of hydrogen-bond donors (Lipinski definition) is 2. The second-order valence-electron chi connectivity index (χ2n) is 5.78. The Morgan fingerprint density at radius 3 is 2.56 bits per heavy atom. The van der Waals surface area contributed by atoms with Crippen LogP contribution in [0.2, 0.25) is 0 Å². The smallest absolute Gasteiger partial charge is 0.287 e. The Morgan fingerprint density at radius 2 is 1.96 bits per heavy atom. The number of carbonyl (C=O) groups excluding carboxylic acids is 2. The standard InChI is InChI=1S/C19H24N2O4/c1-5-15(21-19(23)17-10-12(2)13(3)25-17)14-8-6-7-9-16(14)24-11-18(22)20-4/h6-10,15H,5,11H2,1-4H3,(H,20,22)(H,21,23)/t15-/m0/s1. The van der Waals surface area contributed by atoms with Crippen LogP contribution in [0.5, 0.6) is 5.75 Å². The molecule has 0 aliphatic carbocycles. The summed E-state index contributed by atoms with van der Waals surface area (Å²) in [4.78, 5) is 23.9. The van der Waals surface area contributed by atoms with Crippen LogP contribution < -0.4 is 15.4 Å². The van der Waals surface area contributed by atoms with Gasteiger partial charge in [-0.2, -0.15) is 0 Å². The van der Waals surface area contributed by atoms with Crippen molar-refractivity contribution in [1.29, 1.82) is 0 Å². The molecule has 0 saturated carbocycles. The second-order valence-corrected chi connectivity index (χ2v) is 5.78. The van der Waals surface area contributed by atoms with Gasteiger partial charge in [0, 0.05) is 12.6 Å². The highest BCUT2D eigenvalue weighted by Gasteiger charge is 2.20. The minimum absolute atomic E-state index is 0.0749. The predicted molar refractivity (Wildman–Crippen MR) is 94.7 cm³/mol. The zero-order chi connectivity index (χ0) is 18.4. The maximum Gasteiger partial charge on any atom is 0.287 e. The zero-order valence-electron chi connectivity index (χ0n) is 15.0. The quantitative estimate of drug-likeness (QED) is 0.809. The first-order valence-electron chi connectivity index (χ1n) is 8.26. The number of carbonyl (C=O) groups is 2. The molecule has 25 heavy (non-hydrogen) atoms. The van der Waals surface area contributed by atoms with Gasteiger partial charge in [-0.05, 0) is 38.0 Å². The van der Waals surface area contributed by atoms with Crippen molar-refractivity contribution >= 4 is 11.8 Å². The molecular formula is C19H24N2O4. The molecule has 0 aliphatic rings. The van der Waals surface area contributed by atoms with Gasteiger partial charge in [-0.1, -0.05) is 25.1 Å². The number of likely N-dealkylation sites (N-methyl/N-ethyl adjacent to an activating group) is 1. The molecule has 0 bridgehead atoms. The summed E-state index contributed by atoms with van der Waals surface area (Å²) in [6.45, 7) is 5.62. The van der Waals surface area contributed by atoms with Gasteiger partial charge in [0.25, 0.3) is 11.8 Å². The lowest BCUT2D eigenvalue weighted by Crippen LogP contribution is -2.29. The molecule has 1 aromatic carbocycles. The molecule has 1 atom stereocenters. The number of amides is 2. The molecular weight excluding hydrogens is 320 g/mol. The van der Waals surface area contributed by atoms with Gasteiger partial charge >= 0.3 is 0 Å². The molecule has 0 spiro atoms. The van der Waals surface area contributed by atoms with Crippen molar-refractivity contribution in [3.8, 4) is 5.75 Å². The Kier molecular flexibility index (Phi) is 6.22. The van der Waals surface area contributed by atoms with E-state index >= 15 is 0 Å². The van der Waals surface area contributed by atoms with E-state index in [9.17, 15) is 9.59 Å². The van der Waals surface area contributed by atoms with E-state index in [0.717, 1.165) is 16.9 Å². The third kappa shape index (κ3) is 4.62. The van der Waals surface area contributed by atoms with Crippen LogP contribution in [-0.4, -0.2) is 25.5 Å². The van der Waals surface area contributed by atoms with Gasteiger partial charge in [0.15, 0.2) is 12.4 Å². The van der Waals surface area contributed by atoms with E-state index in [0.29, 0.717) is 12.2 Å². The fraction of sp³-hybridized carbons (Fsp3) is 0.368. The average molecular weight is 344 g/mol. The normalized spacial score (nSPS) is 11.7. The summed E-state index contributed by atoms with van der Waals surface area (Å²) < 4.78 is 11.1. The Hall–Kier alpha value is -2.76. The Bertz CT molecular complexity index is 732. The SMILES string of the molecule is CC[C@H](NC(=O)c1cc(C)c(C)o1)c1ccccc1OCC(=O)NC. The minimum atomic E-state index is -0.274. The summed E-state index contributed by atoms with van der Waals surface area (Å²) in [5, 5.41) is 5.48. The number of rotatable bonds is 7. The van der Waals surface area contributed by atoms with Gasteiger partial charge < -0.3 is 19.8 Å². The van der Waals surface area contributed by atoms with Crippen LogP contribution >= 0.6 is 0 Å². The predicted octanol–water partition coefficient (Wildman–Crippen LogP) is 2.90. The van der Waals surface area contributed by atoms with Crippen LogP contribution in [0.25, 0.3) is 0 Å². The lowest BCUT2D eigenvalue weighted by molar-refractivity contribution is -0.122. The summed E-state index contributed by atoms with van der Waals surface area (Å²) >= 11 is 0. The maximum absolute atomic E-state index is 12.5. The number of nitrogens with one attached hydrogen (secondary N) is 2. The van der Waals surface area contributed by atoms with E-state index in [1.54, 1.807) is 19.2 Å². The molecule has 2 amide bonds. The molecule has 1 aromatic heterocycles. The molecule has 0 unspecified atom stereocenters. The van der Waals surface area contributed by atoms with Crippen LogP contribution in [0.4, 0.5) is 0 Å². The van der Waals surface area contributed by atoms with Gasteiger partial charge in [0.1, 0.15) is 11.5 Å². The first-order valence-corrected chi connectivity index (χ1v) is 8.26. The molecule has 6 heteroatoms. The van der Waals surface area contributed by atoms with Crippen LogP contribution in [0.3, 0.4) is 0 Å². The first kappa shape index (κ1) is 18.6. The van der Waals surface area contributed by atoms with Gasteiger partial charge in [-0.25, -0.2) is 0 Å². The topological polar surface area (TPSA) is 80.6 Å². The number of para-hydroxylation sites is 1. The maximum atomic E-state index is 12.5. The Morgan fingerprint density at radius 1 is 1.24 bits per heavy atom. The molecule has 2 N–H and O–H groups in total. The third-order valence-corrected chi connectivity index (χ3v) is 4.04. The second kappa shape index (κ2) is 8.37. The van der Waals surface area contributed by atoms with E-state index in [-0.39, 0.29) is 30.2 Å². The molecule has 0 saturated heterocycles. The summed E-state index contributed by atoms with van der Waals surface area (Å²) in [7, 11) is 1.56. The third-order valence-electron chi connectivity index (χ3n) is 4.04. The van der Waals surface area contributed by atoms with Crippen LogP contribution in [0, 0.1) is 13.8 Å². The molecule has 6 nitrogen and oxygen atoms in total. The summed E-state index contributed by atoms with van der Waals surface area (Å²) in [5.74, 6) is 1.10. The van der Waals surface area contributed by atoms with Gasteiger partial charge in [-0.3, -0.25) is 9.59 Å². The highest BCUT2D eigenvalue weighted by atomic mass is 16.5. The molecule has 0 aliphatic heterocycles. The monoisotopic (exact) mass is 344 g/mol. The fourth-order valence-electron chi connectivity index (χ4n) is 2.43. The van der Waals surface area contributed by atoms with Crippen molar-refractivity contribution in [3.63, 3.8) is 0 Å². The summed E-state index contributed by atoms with van der Waals surface area (Å²) in [6, 6.07) is 8.85. The molecule has 134 valence electrons. The summed E-state index contributed by atoms with van der Waals surface area (Å²) in [6.07, 6.45) is 0.671. The molecule has 2 rings (SSSR count). The highest BCUT2D eigenvalue weighted by Crippen LogP contribution is 2.27. The van der Waals surface area contributed by atoms with E-state index < -0.39 is 0 Å². The van der Waals surface area contributed by atoms with Crippen molar-refractivity contribution in [2.45, 2.75) is 33.2 Å². The molecule has 0 radical (unpaired) electrons. The number of ether oxygens (including phenoxy) is 1. The number of aryl methyl sites for hydroxylation is 2. The molecule has 1 heterocycles. The zero-order valence-corrected chi connectivity index (χ0v) is 15.0. The Balaban J connectivity index is 2.17. The van der Waals surface area contributed by atoms with Crippen molar-refractivity contribution in [2.24, 2.45) is 0 Å². The highest BCUT2D eigenvalue weighted by molar-refractivity contribution is 5.92. The fourth-order valence-corrected chi connectivity index (χ4v) is 2.43. The van der Waals surface area contributed by atoms with Gasteiger partial charge in [0.05, 0.1) is 6.04 Å². The van der Waals surface area contributed by atoms with Crippen molar-refractivity contribution < 1.29 is 18.7 Å². The van der Waals surface area contributed by atoms with Crippen molar-refractivity contribution in [1.82, 2.24) is 10.6 Å². The van der Waals surface area contributed by atoms with E-state index in [4.69, 9.17) is 9.15 Å². The Labute approximate surface area is 147 Å². The van der Waals surface area contributed by atoms with Crippen LogP contribution in [0.1, 0.15) is 46.8 Å².